The number of tetrazole rings is 1. The number of H-pyrrole nitrogens is 2. The molecule has 6 rings (SSSR count). The van der Waals surface area contributed by atoms with Gasteiger partial charge in [-0.05, 0) is 24.3 Å². The number of amides is 1. The number of anilines is 1. The van der Waals surface area contributed by atoms with Gasteiger partial charge in [-0.25, -0.2) is 13.0 Å². The predicted molar refractivity (Wildman–Crippen MR) is 136 cm³/mol. The first-order valence-electron chi connectivity index (χ1n) is 11.5. The van der Waals surface area contributed by atoms with Gasteiger partial charge in [-0.1, -0.05) is 28.6 Å². The Labute approximate surface area is 244 Å². The summed E-state index contributed by atoms with van der Waals surface area (Å²) in [5, 5.41) is 18.2. The minimum Gasteiger partial charge on any atom is -1.00 e. The topological polar surface area (TPSA) is 144 Å². The normalized spacial score (nSPS) is 19.7. The van der Waals surface area contributed by atoms with Crippen molar-refractivity contribution in [3.8, 4) is 0 Å². The molecule has 1 aromatic carbocycles. The molecule has 5 heterocycles. The molecule has 0 spiro atoms. The molecule has 0 saturated carbocycles. The first-order chi connectivity index (χ1) is 17.8. The fourth-order valence-electron chi connectivity index (χ4n) is 4.69. The van der Waals surface area contributed by atoms with Crippen LogP contribution in [0.2, 0.25) is 5.02 Å². The minimum atomic E-state index is -3.86. The second-order valence-corrected chi connectivity index (χ2v) is 12.5. The number of hydrogen-bond donors (Lipinski definition) is 3. The van der Waals surface area contributed by atoms with Gasteiger partial charge in [0.05, 0.1) is 16.6 Å². The second-order valence-electron chi connectivity index (χ2n) is 8.98. The van der Waals surface area contributed by atoms with Crippen LogP contribution in [0.4, 0.5) is 5.69 Å². The van der Waals surface area contributed by atoms with Crippen molar-refractivity contribution in [1.29, 1.82) is 0 Å². The van der Waals surface area contributed by atoms with Gasteiger partial charge in [0.2, 0.25) is 0 Å². The van der Waals surface area contributed by atoms with Gasteiger partial charge >= 0.3 is 0 Å². The average Bonchev–Trinajstić information content (AvgIpc) is 3.63. The first-order valence-corrected chi connectivity index (χ1v) is 14.2. The summed E-state index contributed by atoms with van der Waals surface area (Å²) < 4.78 is 30.5. The Morgan fingerprint density at radius 3 is 2.89 bits per heavy atom. The summed E-state index contributed by atoms with van der Waals surface area (Å²) in [4.78, 5) is 19.4. The number of piperazine rings is 1. The number of thioether (sulfide) groups is 1. The number of carbonyl (C=O) groups excluding carboxylic acids is 1. The Hall–Kier alpha value is -2.47. The van der Waals surface area contributed by atoms with E-state index in [4.69, 9.17) is 11.6 Å². The lowest BCUT2D eigenvalue weighted by atomic mass is 10.1. The number of benzene rings is 1. The van der Waals surface area contributed by atoms with Gasteiger partial charge in [0.25, 0.3) is 15.9 Å². The molecule has 2 unspecified atom stereocenters. The number of carbonyl (C=O) groups is 1. The van der Waals surface area contributed by atoms with Crippen molar-refractivity contribution in [1.82, 2.24) is 34.8 Å². The van der Waals surface area contributed by atoms with Crippen molar-refractivity contribution in [2.24, 2.45) is 7.05 Å². The summed E-state index contributed by atoms with van der Waals surface area (Å²) in [6.45, 7) is 0.486. The number of nitrogens with one attached hydrogen (secondary N) is 3. The highest BCUT2D eigenvalue weighted by Gasteiger charge is 2.41. The van der Waals surface area contributed by atoms with Crippen LogP contribution >= 0.6 is 23.4 Å². The standard InChI is InChI=1S/C22H22ClN9O3S2.HI/c1-30-5-4-17-18(12-30)36-21(25-17)22(33)32-7-6-31(11-15(32)10-19-26-28-29-27-19)37(34,35)20-9-13-8-14(23)2-3-16(13)24-20;/h2-5,8-9,12,15,21,24H,6-7,10-11H2,1H3,(H,26,27,28,29);1H. The SMILES string of the molecule is C[n+]1ccc2c(c1)SC(C(=O)N1CCN(S(=O)(=O)c3cc4cc(Cl)ccc4[nH]3)CC1Cc1nn[nH]n1)N2.[I-]. The van der Waals surface area contributed by atoms with Crippen LogP contribution in [-0.2, 0) is 28.3 Å². The maximum absolute atomic E-state index is 13.7. The Morgan fingerprint density at radius 2 is 2.11 bits per heavy atom. The third-order valence-electron chi connectivity index (χ3n) is 6.53. The van der Waals surface area contributed by atoms with Crippen LogP contribution in [0.5, 0.6) is 0 Å². The van der Waals surface area contributed by atoms with Crippen molar-refractivity contribution >= 4 is 55.9 Å². The minimum absolute atomic E-state index is 0. The van der Waals surface area contributed by atoms with Gasteiger partial charge < -0.3 is 39.2 Å². The van der Waals surface area contributed by atoms with E-state index in [1.54, 1.807) is 29.2 Å². The third-order valence-corrected chi connectivity index (χ3v) is 9.69. The van der Waals surface area contributed by atoms with Crippen molar-refractivity contribution < 1.29 is 41.8 Å². The number of aromatic nitrogens is 6. The molecule has 200 valence electrons. The summed E-state index contributed by atoms with van der Waals surface area (Å²) in [5.74, 6) is 0.291. The zero-order valence-corrected chi connectivity index (χ0v) is 24.6. The quantitative estimate of drug-likeness (QED) is 0.164. The van der Waals surface area contributed by atoms with Crippen molar-refractivity contribution in [3.05, 3.63) is 53.6 Å². The van der Waals surface area contributed by atoms with E-state index >= 15 is 0 Å². The molecule has 0 bridgehead atoms. The van der Waals surface area contributed by atoms with E-state index in [9.17, 15) is 13.2 Å². The van der Waals surface area contributed by atoms with E-state index in [0.29, 0.717) is 21.7 Å². The van der Waals surface area contributed by atoms with Crippen LogP contribution in [0.25, 0.3) is 10.9 Å². The molecule has 3 aromatic heterocycles. The largest absolute Gasteiger partial charge is 1.00 e. The monoisotopic (exact) mass is 687 g/mol. The Kier molecular flexibility index (Phi) is 7.56. The molecule has 38 heavy (non-hydrogen) atoms. The summed E-state index contributed by atoms with van der Waals surface area (Å²) in [6, 6.07) is 8.20. The predicted octanol–water partition coefficient (Wildman–Crippen LogP) is -1.85. The van der Waals surface area contributed by atoms with Gasteiger partial charge in [-0.15, -0.1) is 10.2 Å². The molecule has 1 saturated heterocycles. The summed E-state index contributed by atoms with van der Waals surface area (Å²) in [7, 11) is -1.93. The average molecular weight is 688 g/mol. The molecule has 16 heteroatoms. The lowest BCUT2D eigenvalue weighted by Gasteiger charge is -2.41. The molecule has 1 fully saturated rings. The van der Waals surface area contributed by atoms with Crippen molar-refractivity contribution in [3.63, 3.8) is 0 Å². The molecule has 2 atom stereocenters. The van der Waals surface area contributed by atoms with E-state index < -0.39 is 21.4 Å². The molecule has 2 aliphatic rings. The lowest BCUT2D eigenvalue weighted by molar-refractivity contribution is -0.673. The van der Waals surface area contributed by atoms with Crippen LogP contribution in [0.3, 0.4) is 0 Å². The van der Waals surface area contributed by atoms with Gasteiger partial charge in [0.15, 0.2) is 23.6 Å². The van der Waals surface area contributed by atoms with Gasteiger partial charge in [-0.3, -0.25) is 4.79 Å². The fourth-order valence-corrected chi connectivity index (χ4v) is 7.51. The van der Waals surface area contributed by atoms with Gasteiger partial charge in [0, 0.05) is 48.0 Å². The van der Waals surface area contributed by atoms with Crippen molar-refractivity contribution in [2.75, 3.05) is 25.0 Å². The number of aromatic amines is 2. The zero-order chi connectivity index (χ0) is 25.7. The second kappa shape index (κ2) is 10.6. The molecular formula is C22H23ClIN9O3S2. The van der Waals surface area contributed by atoms with Gasteiger partial charge in [0.1, 0.15) is 12.1 Å². The van der Waals surface area contributed by atoms with Crippen molar-refractivity contribution in [2.45, 2.75) is 27.8 Å². The highest BCUT2D eigenvalue weighted by molar-refractivity contribution is 8.01. The third kappa shape index (κ3) is 5.09. The summed E-state index contributed by atoms with van der Waals surface area (Å²) in [5.41, 5.74) is 1.58. The Bertz CT molecular complexity index is 1600. The number of sulfonamides is 1. The highest BCUT2D eigenvalue weighted by atomic mass is 127. The van der Waals surface area contributed by atoms with E-state index in [1.807, 2.05) is 30.1 Å². The molecule has 4 aromatic rings. The number of nitrogens with zero attached hydrogens (tertiary/aromatic N) is 6. The molecule has 1 amide bonds. The van der Waals surface area contributed by atoms with Gasteiger partial charge in [-0.2, -0.15) is 9.52 Å². The molecule has 0 radical (unpaired) electrons. The van der Waals surface area contributed by atoms with Crippen LogP contribution in [-0.4, -0.2) is 80.2 Å². The van der Waals surface area contributed by atoms with E-state index in [-0.39, 0.29) is 61.0 Å². The number of fused-ring (bicyclic) bond motifs is 2. The van der Waals surface area contributed by atoms with E-state index in [0.717, 1.165) is 10.6 Å². The lowest BCUT2D eigenvalue weighted by Crippen LogP contribution is -3.00. The smallest absolute Gasteiger partial charge is 0.258 e. The van der Waals surface area contributed by atoms with Crippen LogP contribution in [0, 0.1) is 0 Å². The molecule has 2 aliphatic heterocycles. The molecule has 3 N–H and O–H groups in total. The molecular weight excluding hydrogens is 665 g/mol. The number of pyridine rings is 1. The fraction of sp³-hybridized carbons (Fsp3) is 0.318. The van der Waals surface area contributed by atoms with E-state index in [1.165, 1.54) is 16.1 Å². The first kappa shape index (κ1) is 27.1. The van der Waals surface area contributed by atoms with Crippen LogP contribution < -0.4 is 33.9 Å². The van der Waals surface area contributed by atoms with Crippen LogP contribution in [0.15, 0.2) is 52.6 Å². The number of rotatable bonds is 5. The summed E-state index contributed by atoms with van der Waals surface area (Å²) >= 11 is 7.52. The van der Waals surface area contributed by atoms with Crippen LogP contribution in [0.1, 0.15) is 5.82 Å². The molecule has 12 nitrogen and oxygen atoms in total. The number of halogens is 2. The molecule has 0 aliphatic carbocycles. The maximum Gasteiger partial charge on any atom is 0.258 e. The number of aryl methyl sites for hydroxylation is 1. The zero-order valence-electron chi connectivity index (χ0n) is 20.0. The van der Waals surface area contributed by atoms with E-state index in [2.05, 4.69) is 30.9 Å². The highest BCUT2D eigenvalue weighted by Crippen LogP contribution is 2.38. The Morgan fingerprint density at radius 1 is 1.26 bits per heavy atom. The number of hydrogen-bond acceptors (Lipinski definition) is 8. The summed E-state index contributed by atoms with van der Waals surface area (Å²) in [6.07, 6.45) is 4.14. The Balaban J connectivity index is 0.00000294. The maximum atomic E-state index is 13.7.